The molecule has 0 atom stereocenters. The predicted molar refractivity (Wildman–Crippen MR) is 115 cm³/mol. The first-order valence-corrected chi connectivity index (χ1v) is 11.8. The van der Waals surface area contributed by atoms with Gasteiger partial charge in [0.15, 0.2) is 0 Å². The Bertz CT molecular complexity index is 1110. The molecule has 7 nitrogen and oxygen atoms in total. The fourth-order valence-corrected chi connectivity index (χ4v) is 5.37. The fraction of sp³-hybridized carbons (Fsp3) is 0.238. The Morgan fingerprint density at radius 2 is 1.87 bits per heavy atom. The Morgan fingerprint density at radius 1 is 1.10 bits per heavy atom. The van der Waals surface area contributed by atoms with E-state index in [2.05, 4.69) is 10.3 Å². The number of carbonyl (C=O) groups is 1. The lowest BCUT2D eigenvalue weighted by Crippen LogP contribution is -2.40. The molecule has 1 aliphatic rings. The summed E-state index contributed by atoms with van der Waals surface area (Å²) < 4.78 is 32.0. The first-order chi connectivity index (χ1) is 14.6. The molecule has 0 bridgehead atoms. The van der Waals surface area contributed by atoms with Gasteiger partial charge in [0.25, 0.3) is 5.91 Å². The highest BCUT2D eigenvalue weighted by Gasteiger charge is 2.26. The van der Waals surface area contributed by atoms with Crippen LogP contribution in [0.5, 0.6) is 0 Å². The average Bonchev–Trinajstić information content (AvgIpc) is 3.33. The van der Waals surface area contributed by atoms with Crippen LogP contribution in [-0.4, -0.2) is 49.9 Å². The number of ether oxygens (including phenoxy) is 1. The lowest BCUT2D eigenvalue weighted by atomic mass is 10.1. The highest BCUT2D eigenvalue weighted by molar-refractivity contribution is 7.89. The van der Waals surface area contributed by atoms with E-state index in [0.717, 1.165) is 16.1 Å². The van der Waals surface area contributed by atoms with Gasteiger partial charge in [-0.25, -0.2) is 8.42 Å². The zero-order valence-electron chi connectivity index (χ0n) is 16.2. The summed E-state index contributed by atoms with van der Waals surface area (Å²) in [6.45, 7) is 1.78. The third kappa shape index (κ3) is 4.44. The Kier molecular flexibility index (Phi) is 6.24. The van der Waals surface area contributed by atoms with E-state index >= 15 is 0 Å². The van der Waals surface area contributed by atoms with E-state index < -0.39 is 10.0 Å². The molecule has 3 heterocycles. The summed E-state index contributed by atoms with van der Waals surface area (Å²) in [6.07, 6.45) is 1.73. The summed E-state index contributed by atoms with van der Waals surface area (Å²) in [4.78, 5) is 18.2. The SMILES string of the molecule is O=C(NCc1cccnc1-c1cccs1)c1ccc(S(=O)(=O)N2CCOCC2)cc1. The van der Waals surface area contributed by atoms with E-state index in [1.807, 2.05) is 29.6 Å². The molecule has 0 spiro atoms. The number of pyridine rings is 1. The zero-order chi connectivity index (χ0) is 21.0. The van der Waals surface area contributed by atoms with Crippen molar-refractivity contribution < 1.29 is 17.9 Å². The summed E-state index contributed by atoms with van der Waals surface area (Å²) >= 11 is 1.59. The molecule has 1 N–H and O–H groups in total. The molecular formula is C21H21N3O4S2. The van der Waals surface area contributed by atoms with E-state index in [0.29, 0.717) is 38.4 Å². The number of hydrogen-bond acceptors (Lipinski definition) is 6. The molecule has 2 aromatic heterocycles. The van der Waals surface area contributed by atoms with Crippen LogP contribution in [0.3, 0.4) is 0 Å². The summed E-state index contributed by atoms with van der Waals surface area (Å²) in [5.41, 5.74) is 2.16. The van der Waals surface area contributed by atoms with Crippen molar-refractivity contribution in [1.29, 1.82) is 0 Å². The van der Waals surface area contributed by atoms with Crippen LogP contribution in [0.2, 0.25) is 0 Å². The van der Waals surface area contributed by atoms with Gasteiger partial charge in [0.05, 0.1) is 28.7 Å². The van der Waals surface area contributed by atoms with Crippen molar-refractivity contribution in [3.05, 3.63) is 71.2 Å². The minimum atomic E-state index is -3.58. The van der Waals surface area contributed by atoms with Gasteiger partial charge in [-0.1, -0.05) is 12.1 Å². The number of thiophene rings is 1. The molecular weight excluding hydrogens is 422 g/mol. The minimum Gasteiger partial charge on any atom is -0.379 e. The van der Waals surface area contributed by atoms with E-state index in [1.54, 1.807) is 17.5 Å². The number of nitrogens with one attached hydrogen (secondary N) is 1. The maximum atomic E-state index is 12.7. The van der Waals surface area contributed by atoms with Gasteiger partial charge in [-0.15, -0.1) is 11.3 Å². The van der Waals surface area contributed by atoms with Gasteiger partial charge in [-0.05, 0) is 47.3 Å². The lowest BCUT2D eigenvalue weighted by molar-refractivity contribution is 0.0730. The third-order valence-electron chi connectivity index (χ3n) is 4.81. The molecule has 1 fully saturated rings. The van der Waals surface area contributed by atoms with Gasteiger partial charge in [0.2, 0.25) is 10.0 Å². The molecule has 1 saturated heterocycles. The molecule has 30 heavy (non-hydrogen) atoms. The first kappa shape index (κ1) is 20.7. The van der Waals surface area contributed by atoms with Gasteiger partial charge >= 0.3 is 0 Å². The van der Waals surface area contributed by atoms with Gasteiger partial charge in [-0.2, -0.15) is 4.31 Å². The van der Waals surface area contributed by atoms with E-state index in [9.17, 15) is 13.2 Å². The smallest absolute Gasteiger partial charge is 0.251 e. The number of rotatable bonds is 6. The maximum absolute atomic E-state index is 12.7. The van der Waals surface area contributed by atoms with Crippen LogP contribution in [0.25, 0.3) is 10.6 Å². The molecule has 156 valence electrons. The third-order valence-corrected chi connectivity index (χ3v) is 7.60. The molecule has 0 aliphatic carbocycles. The first-order valence-electron chi connectivity index (χ1n) is 9.49. The second kappa shape index (κ2) is 9.05. The maximum Gasteiger partial charge on any atom is 0.251 e. The zero-order valence-corrected chi connectivity index (χ0v) is 17.8. The average molecular weight is 444 g/mol. The van der Waals surface area contributed by atoms with Crippen LogP contribution < -0.4 is 5.32 Å². The number of nitrogens with zero attached hydrogens (tertiary/aromatic N) is 2. The number of benzene rings is 1. The quantitative estimate of drug-likeness (QED) is 0.633. The highest BCUT2D eigenvalue weighted by Crippen LogP contribution is 2.25. The van der Waals surface area contributed by atoms with Crippen molar-refractivity contribution in [2.24, 2.45) is 0 Å². The second-order valence-electron chi connectivity index (χ2n) is 6.71. The van der Waals surface area contributed by atoms with Crippen LogP contribution in [0.15, 0.2) is 65.0 Å². The number of amides is 1. The Morgan fingerprint density at radius 3 is 2.57 bits per heavy atom. The summed E-state index contributed by atoms with van der Waals surface area (Å²) in [6, 6.07) is 13.7. The van der Waals surface area contributed by atoms with Crippen LogP contribution in [-0.2, 0) is 21.3 Å². The van der Waals surface area contributed by atoms with Crippen molar-refractivity contribution in [3.8, 4) is 10.6 Å². The van der Waals surface area contributed by atoms with Crippen molar-refractivity contribution in [2.45, 2.75) is 11.4 Å². The van der Waals surface area contributed by atoms with E-state index in [4.69, 9.17) is 4.74 Å². The molecule has 1 aliphatic heterocycles. The molecule has 4 rings (SSSR count). The number of hydrogen-bond donors (Lipinski definition) is 1. The van der Waals surface area contributed by atoms with Crippen LogP contribution in [0, 0.1) is 0 Å². The normalized spacial score (nSPS) is 15.1. The van der Waals surface area contributed by atoms with Gasteiger partial charge < -0.3 is 10.1 Å². The van der Waals surface area contributed by atoms with Crippen molar-refractivity contribution >= 4 is 27.3 Å². The number of carbonyl (C=O) groups excluding carboxylic acids is 1. The Balaban J connectivity index is 1.44. The molecule has 1 amide bonds. The minimum absolute atomic E-state index is 0.174. The summed E-state index contributed by atoms with van der Waals surface area (Å²) in [7, 11) is -3.58. The molecule has 0 saturated carbocycles. The van der Waals surface area contributed by atoms with Crippen molar-refractivity contribution in [2.75, 3.05) is 26.3 Å². The van der Waals surface area contributed by atoms with Crippen LogP contribution in [0.4, 0.5) is 0 Å². The molecule has 1 aromatic carbocycles. The van der Waals surface area contributed by atoms with Crippen LogP contribution >= 0.6 is 11.3 Å². The predicted octanol–water partition coefficient (Wildman–Crippen LogP) is 2.76. The van der Waals surface area contributed by atoms with Crippen molar-refractivity contribution in [1.82, 2.24) is 14.6 Å². The largest absolute Gasteiger partial charge is 0.379 e. The number of sulfonamides is 1. The topological polar surface area (TPSA) is 88.6 Å². The Hall–Kier alpha value is -2.59. The standard InChI is InChI=1S/C21H21N3O4S2/c25-21(23-15-17-3-1-9-22-20(17)19-4-2-14-29-19)16-5-7-18(8-6-16)30(26,27)24-10-12-28-13-11-24/h1-9,14H,10-13,15H2,(H,23,25). The Labute approximate surface area is 179 Å². The van der Waals surface area contributed by atoms with E-state index in [-0.39, 0.29) is 10.8 Å². The monoisotopic (exact) mass is 443 g/mol. The van der Waals surface area contributed by atoms with E-state index in [1.165, 1.54) is 28.6 Å². The summed E-state index contributed by atoms with van der Waals surface area (Å²) in [5.74, 6) is -0.272. The molecule has 0 unspecified atom stereocenters. The van der Waals surface area contributed by atoms with Gasteiger partial charge in [0.1, 0.15) is 0 Å². The fourth-order valence-electron chi connectivity index (χ4n) is 3.21. The lowest BCUT2D eigenvalue weighted by Gasteiger charge is -2.26. The molecule has 3 aromatic rings. The molecule has 0 radical (unpaired) electrons. The van der Waals surface area contributed by atoms with Crippen molar-refractivity contribution in [3.63, 3.8) is 0 Å². The number of aromatic nitrogens is 1. The van der Waals surface area contributed by atoms with Crippen LogP contribution in [0.1, 0.15) is 15.9 Å². The van der Waals surface area contributed by atoms with Gasteiger partial charge in [-0.3, -0.25) is 9.78 Å². The number of morpholine rings is 1. The summed E-state index contributed by atoms with van der Waals surface area (Å²) in [5, 5.41) is 4.87. The van der Waals surface area contributed by atoms with Gasteiger partial charge in [0, 0.05) is 31.4 Å². The molecule has 9 heteroatoms. The highest BCUT2D eigenvalue weighted by atomic mass is 32.2. The second-order valence-corrected chi connectivity index (χ2v) is 9.60.